The molecule has 212 valence electrons. The molecule has 7 heteroatoms. The third kappa shape index (κ3) is 8.34. The molecule has 3 N–H and O–H groups in total. The lowest BCUT2D eigenvalue weighted by Crippen LogP contribution is -2.42. The number of aryl methyl sites for hydroxylation is 1. The molecular weight excluding hydrogens is 508 g/mol. The summed E-state index contributed by atoms with van der Waals surface area (Å²) in [6.45, 7) is 6.07. The average Bonchev–Trinajstić information content (AvgIpc) is 2.94. The molecule has 0 saturated heterocycles. The van der Waals surface area contributed by atoms with Gasteiger partial charge in [-0.3, -0.25) is 9.59 Å². The number of hydrogen-bond donors (Lipinski definition) is 3. The molecule has 1 fully saturated rings. The van der Waals surface area contributed by atoms with Crippen LogP contribution in [0.3, 0.4) is 0 Å². The van der Waals surface area contributed by atoms with Gasteiger partial charge in [0.2, 0.25) is 5.91 Å². The number of amides is 2. The lowest BCUT2D eigenvalue weighted by atomic mass is 9.82. The van der Waals surface area contributed by atoms with Crippen LogP contribution in [0.25, 0.3) is 11.1 Å². The van der Waals surface area contributed by atoms with E-state index in [2.05, 4.69) is 17.6 Å². The number of nitrogens with one attached hydrogen (secondary N) is 2. The summed E-state index contributed by atoms with van der Waals surface area (Å²) in [5, 5.41) is 15.7. The van der Waals surface area contributed by atoms with Gasteiger partial charge in [-0.25, -0.2) is 4.79 Å². The first kappa shape index (κ1) is 30.7. The zero-order valence-corrected chi connectivity index (χ0v) is 24.6. The molecule has 3 unspecified atom stereocenters. The maximum atomic E-state index is 13.5. The van der Waals surface area contributed by atoms with Gasteiger partial charge < -0.3 is 15.7 Å². The molecule has 1 aliphatic rings. The maximum Gasteiger partial charge on any atom is 0.326 e. The normalized spacial score (nSPS) is 16.2. The number of thioether (sulfide) groups is 1. The van der Waals surface area contributed by atoms with Gasteiger partial charge >= 0.3 is 5.97 Å². The first-order valence-corrected chi connectivity index (χ1v) is 15.7. The predicted molar refractivity (Wildman–Crippen MR) is 160 cm³/mol. The van der Waals surface area contributed by atoms with Crippen LogP contribution in [0.5, 0.6) is 0 Å². The van der Waals surface area contributed by atoms with E-state index >= 15 is 0 Å². The molecule has 3 atom stereocenters. The number of carbonyl (C=O) groups is 3. The lowest BCUT2D eigenvalue weighted by Gasteiger charge is -2.31. The Bertz CT molecular complexity index is 1130. The first-order chi connectivity index (χ1) is 18.8. The van der Waals surface area contributed by atoms with Gasteiger partial charge in [-0.2, -0.15) is 11.8 Å². The number of aliphatic carboxylic acids is 1. The van der Waals surface area contributed by atoms with Crippen molar-refractivity contribution < 1.29 is 19.5 Å². The van der Waals surface area contributed by atoms with Gasteiger partial charge in [0.25, 0.3) is 5.91 Å². The van der Waals surface area contributed by atoms with E-state index < -0.39 is 17.9 Å². The van der Waals surface area contributed by atoms with Crippen LogP contribution in [0.2, 0.25) is 0 Å². The van der Waals surface area contributed by atoms with Crippen LogP contribution < -0.4 is 10.6 Å². The summed E-state index contributed by atoms with van der Waals surface area (Å²) in [6.07, 6.45) is 10.4. The third-order valence-electron chi connectivity index (χ3n) is 7.98. The molecule has 2 aromatic rings. The highest BCUT2D eigenvalue weighted by molar-refractivity contribution is 7.98. The van der Waals surface area contributed by atoms with E-state index in [1.54, 1.807) is 17.8 Å². The van der Waals surface area contributed by atoms with Crippen LogP contribution in [0.1, 0.15) is 92.6 Å². The van der Waals surface area contributed by atoms with Gasteiger partial charge in [-0.1, -0.05) is 62.9 Å². The molecule has 0 aromatic heterocycles. The van der Waals surface area contributed by atoms with E-state index in [0.717, 1.165) is 29.5 Å². The summed E-state index contributed by atoms with van der Waals surface area (Å²) in [5.74, 6) is -0.678. The van der Waals surface area contributed by atoms with Gasteiger partial charge in [0.1, 0.15) is 6.04 Å². The Balaban J connectivity index is 1.90. The smallest absolute Gasteiger partial charge is 0.326 e. The average molecular weight is 553 g/mol. The molecule has 39 heavy (non-hydrogen) atoms. The molecule has 2 amide bonds. The first-order valence-electron chi connectivity index (χ1n) is 14.3. The van der Waals surface area contributed by atoms with Crippen LogP contribution in [0.15, 0.2) is 42.5 Å². The monoisotopic (exact) mass is 552 g/mol. The summed E-state index contributed by atoms with van der Waals surface area (Å²) >= 11 is 1.54. The van der Waals surface area contributed by atoms with Crippen molar-refractivity contribution in [3.8, 4) is 11.1 Å². The minimum Gasteiger partial charge on any atom is -0.480 e. The Morgan fingerprint density at radius 3 is 2.36 bits per heavy atom. The number of hydrogen-bond acceptors (Lipinski definition) is 4. The molecule has 1 saturated carbocycles. The molecule has 0 spiro atoms. The highest BCUT2D eigenvalue weighted by atomic mass is 32.2. The van der Waals surface area contributed by atoms with E-state index in [-0.39, 0.29) is 17.9 Å². The molecule has 0 aliphatic heterocycles. The van der Waals surface area contributed by atoms with Crippen molar-refractivity contribution in [3.05, 3.63) is 59.2 Å². The van der Waals surface area contributed by atoms with Gasteiger partial charge in [0.05, 0.1) is 5.92 Å². The number of benzene rings is 2. The van der Waals surface area contributed by atoms with Crippen LogP contribution in [-0.4, -0.2) is 47.0 Å². The Hall–Kier alpha value is -2.80. The predicted octanol–water partition coefficient (Wildman–Crippen LogP) is 6.57. The van der Waals surface area contributed by atoms with E-state index in [1.807, 2.05) is 56.5 Å². The molecule has 0 bridgehead atoms. The van der Waals surface area contributed by atoms with Crippen molar-refractivity contribution in [3.63, 3.8) is 0 Å². The van der Waals surface area contributed by atoms with Crippen LogP contribution in [-0.2, 0) is 9.59 Å². The summed E-state index contributed by atoms with van der Waals surface area (Å²) in [6, 6.07) is 12.5. The quantitative estimate of drug-likeness (QED) is 0.261. The Morgan fingerprint density at radius 1 is 1.00 bits per heavy atom. The molecule has 2 aromatic carbocycles. The van der Waals surface area contributed by atoms with Gasteiger partial charge in [-0.05, 0) is 91.8 Å². The molecule has 0 radical (unpaired) electrons. The minimum absolute atomic E-state index is 0.00923. The molecule has 6 nitrogen and oxygen atoms in total. The second kappa shape index (κ2) is 15.1. The number of rotatable bonds is 13. The fourth-order valence-corrected chi connectivity index (χ4v) is 6.06. The Kier molecular flexibility index (Phi) is 11.9. The Morgan fingerprint density at radius 2 is 1.72 bits per heavy atom. The van der Waals surface area contributed by atoms with Gasteiger partial charge in [-0.15, -0.1) is 0 Å². The van der Waals surface area contributed by atoms with Crippen molar-refractivity contribution in [1.82, 2.24) is 10.6 Å². The van der Waals surface area contributed by atoms with Crippen molar-refractivity contribution in [2.45, 2.75) is 90.1 Å². The summed E-state index contributed by atoms with van der Waals surface area (Å²) < 4.78 is 0. The van der Waals surface area contributed by atoms with Crippen molar-refractivity contribution >= 4 is 29.5 Å². The van der Waals surface area contributed by atoms with Gasteiger partial charge in [0, 0.05) is 11.6 Å². The second-order valence-corrected chi connectivity index (χ2v) is 11.8. The van der Waals surface area contributed by atoms with E-state index in [0.29, 0.717) is 29.2 Å². The van der Waals surface area contributed by atoms with Crippen LogP contribution in [0, 0.1) is 12.8 Å². The van der Waals surface area contributed by atoms with E-state index in [9.17, 15) is 19.5 Å². The van der Waals surface area contributed by atoms with Gasteiger partial charge in [0.15, 0.2) is 0 Å². The maximum absolute atomic E-state index is 13.5. The number of carboxylic acid groups (broad SMARTS) is 1. The number of carbonyl (C=O) groups excluding carboxylic acids is 2. The van der Waals surface area contributed by atoms with Crippen molar-refractivity contribution in [2.24, 2.45) is 5.92 Å². The summed E-state index contributed by atoms with van der Waals surface area (Å²) in [4.78, 5) is 38.6. The SMILES string of the molecule is CCCC(NC(=O)C(C)c1ccc(C(=O)NC(CCSC)C(=O)O)c(-c2ccccc2C)c1)C1CCCCC1. The molecular formula is C32H44N2O4S. The van der Waals surface area contributed by atoms with E-state index in [4.69, 9.17) is 0 Å². The second-order valence-electron chi connectivity index (χ2n) is 10.8. The van der Waals surface area contributed by atoms with E-state index in [1.165, 1.54) is 32.1 Å². The largest absolute Gasteiger partial charge is 0.480 e. The number of carboxylic acids is 1. The zero-order valence-electron chi connectivity index (χ0n) is 23.8. The van der Waals surface area contributed by atoms with Crippen molar-refractivity contribution in [2.75, 3.05) is 12.0 Å². The Labute approximate surface area is 237 Å². The van der Waals surface area contributed by atoms with Crippen LogP contribution >= 0.6 is 11.8 Å². The summed E-state index contributed by atoms with van der Waals surface area (Å²) in [5.41, 5.74) is 3.83. The topological polar surface area (TPSA) is 95.5 Å². The van der Waals surface area contributed by atoms with Crippen LogP contribution in [0.4, 0.5) is 0 Å². The third-order valence-corrected chi connectivity index (χ3v) is 8.62. The van der Waals surface area contributed by atoms with Crippen molar-refractivity contribution in [1.29, 1.82) is 0 Å². The molecule has 1 aliphatic carbocycles. The molecule has 0 heterocycles. The zero-order chi connectivity index (χ0) is 28.4. The summed E-state index contributed by atoms with van der Waals surface area (Å²) in [7, 11) is 0. The highest BCUT2D eigenvalue weighted by Crippen LogP contribution is 2.32. The highest BCUT2D eigenvalue weighted by Gasteiger charge is 2.28. The minimum atomic E-state index is -1.05. The standard InChI is InChI=1S/C32H44N2O4S/c1-5-11-28(23-13-7-6-8-14-23)33-30(35)22(3)24-16-17-26(27(20-24)25-15-10-9-12-21(25)2)31(36)34-29(32(37)38)18-19-39-4/h9-10,12,15-17,20,22-23,28-29H,5-8,11,13-14,18-19H2,1-4H3,(H,33,35)(H,34,36)(H,37,38). The fraction of sp³-hybridized carbons (Fsp3) is 0.531. The fourth-order valence-electron chi connectivity index (χ4n) is 5.59. The molecule has 3 rings (SSSR count). The lowest BCUT2D eigenvalue weighted by molar-refractivity contribution is -0.139.